The van der Waals surface area contributed by atoms with Crippen LogP contribution in [0.3, 0.4) is 0 Å². The first-order chi connectivity index (χ1) is 8.72. The van der Waals surface area contributed by atoms with Gasteiger partial charge in [0.25, 0.3) is 0 Å². The van der Waals surface area contributed by atoms with E-state index in [2.05, 4.69) is 0 Å². The number of aldehydes is 1. The molecule has 0 radical (unpaired) electrons. The van der Waals surface area contributed by atoms with E-state index in [4.69, 9.17) is 0 Å². The second-order valence-electron chi connectivity index (χ2n) is 4.01. The van der Waals surface area contributed by atoms with E-state index in [9.17, 15) is 9.90 Å². The molecular formula is C15H14O2S. The van der Waals surface area contributed by atoms with Gasteiger partial charge in [-0.15, -0.1) is 11.8 Å². The van der Waals surface area contributed by atoms with E-state index in [0.717, 1.165) is 22.3 Å². The predicted molar refractivity (Wildman–Crippen MR) is 74.2 cm³/mol. The lowest BCUT2D eigenvalue weighted by Gasteiger charge is -2.10. The molecule has 0 saturated carbocycles. The Hall–Kier alpha value is -1.74. The number of carbonyl (C=O) groups is 1. The second-order valence-corrected chi connectivity index (χ2v) is 5.06. The van der Waals surface area contributed by atoms with Crippen molar-refractivity contribution in [2.45, 2.75) is 17.6 Å². The van der Waals surface area contributed by atoms with E-state index in [0.29, 0.717) is 11.3 Å². The van der Waals surface area contributed by atoms with Crippen LogP contribution >= 0.6 is 11.8 Å². The van der Waals surface area contributed by atoms with Crippen molar-refractivity contribution in [3.8, 4) is 5.75 Å². The molecule has 1 N–H and O–H groups in total. The molecule has 0 atom stereocenters. The van der Waals surface area contributed by atoms with Crippen molar-refractivity contribution < 1.29 is 9.90 Å². The maximum absolute atomic E-state index is 11.0. The van der Waals surface area contributed by atoms with Gasteiger partial charge in [-0.25, -0.2) is 0 Å². The smallest absolute Gasteiger partial charge is 0.154 e. The third-order valence-corrected chi connectivity index (χ3v) is 3.85. The Bertz CT molecular complexity index is 550. The minimum absolute atomic E-state index is 0.0549. The van der Waals surface area contributed by atoms with Gasteiger partial charge in [0.05, 0.1) is 5.56 Å². The van der Waals surface area contributed by atoms with Crippen LogP contribution in [-0.2, 0) is 5.75 Å². The summed E-state index contributed by atoms with van der Waals surface area (Å²) in [7, 11) is 0. The highest BCUT2D eigenvalue weighted by atomic mass is 32.2. The van der Waals surface area contributed by atoms with Gasteiger partial charge in [0.15, 0.2) is 6.29 Å². The summed E-state index contributed by atoms with van der Waals surface area (Å²) in [6.07, 6.45) is 0.725. The number of carbonyl (C=O) groups excluding carboxylic acids is 1. The molecule has 18 heavy (non-hydrogen) atoms. The SMILES string of the molecule is Cc1ccc(O)c(C=O)c1CSc1ccccc1. The maximum atomic E-state index is 11.0. The van der Waals surface area contributed by atoms with Crippen LogP contribution in [0.15, 0.2) is 47.4 Å². The topological polar surface area (TPSA) is 37.3 Å². The van der Waals surface area contributed by atoms with Gasteiger partial charge < -0.3 is 5.11 Å². The minimum Gasteiger partial charge on any atom is -0.507 e. The Morgan fingerprint density at radius 3 is 2.56 bits per heavy atom. The van der Waals surface area contributed by atoms with Crippen LogP contribution in [0.4, 0.5) is 0 Å². The Labute approximate surface area is 111 Å². The summed E-state index contributed by atoms with van der Waals surface area (Å²) in [6, 6.07) is 13.4. The van der Waals surface area contributed by atoms with Crippen molar-refractivity contribution >= 4 is 18.0 Å². The number of rotatable bonds is 4. The first-order valence-corrected chi connectivity index (χ1v) is 6.65. The third-order valence-electron chi connectivity index (χ3n) is 2.81. The fraction of sp³-hybridized carbons (Fsp3) is 0.133. The lowest BCUT2D eigenvalue weighted by Crippen LogP contribution is -1.95. The summed E-state index contributed by atoms with van der Waals surface area (Å²) in [4.78, 5) is 12.2. The molecule has 0 fully saturated rings. The van der Waals surface area contributed by atoms with E-state index in [1.807, 2.05) is 43.3 Å². The predicted octanol–water partition coefficient (Wildman–Crippen LogP) is 3.81. The molecule has 2 nitrogen and oxygen atoms in total. The van der Waals surface area contributed by atoms with E-state index in [-0.39, 0.29) is 5.75 Å². The number of phenols is 1. The van der Waals surface area contributed by atoms with Gasteiger partial charge in [0.1, 0.15) is 5.75 Å². The number of aromatic hydroxyl groups is 1. The summed E-state index contributed by atoms with van der Waals surface area (Å²) in [5.74, 6) is 0.734. The molecule has 2 aromatic rings. The molecule has 0 amide bonds. The van der Waals surface area contributed by atoms with E-state index in [1.54, 1.807) is 17.8 Å². The number of hydrogen-bond acceptors (Lipinski definition) is 3. The van der Waals surface area contributed by atoms with Crippen molar-refractivity contribution in [2.24, 2.45) is 0 Å². The number of benzene rings is 2. The molecule has 92 valence electrons. The Morgan fingerprint density at radius 1 is 1.17 bits per heavy atom. The highest BCUT2D eigenvalue weighted by Crippen LogP contribution is 2.29. The Kier molecular flexibility index (Phi) is 4.05. The zero-order chi connectivity index (χ0) is 13.0. The van der Waals surface area contributed by atoms with Gasteiger partial charge in [-0.2, -0.15) is 0 Å². The molecule has 0 aliphatic heterocycles. The number of hydrogen-bond donors (Lipinski definition) is 1. The van der Waals surface area contributed by atoms with E-state index >= 15 is 0 Å². The monoisotopic (exact) mass is 258 g/mol. The lowest BCUT2D eigenvalue weighted by atomic mass is 10.0. The fourth-order valence-corrected chi connectivity index (χ4v) is 2.80. The Morgan fingerprint density at radius 2 is 1.89 bits per heavy atom. The first kappa shape index (κ1) is 12.7. The number of thioether (sulfide) groups is 1. The van der Waals surface area contributed by atoms with E-state index in [1.165, 1.54) is 0 Å². The number of phenolic OH excluding ortho intramolecular Hbond substituents is 1. The Balaban J connectivity index is 2.24. The van der Waals surface area contributed by atoms with Crippen molar-refractivity contribution in [1.29, 1.82) is 0 Å². The molecule has 0 unspecified atom stereocenters. The summed E-state index contributed by atoms with van der Waals surface area (Å²) < 4.78 is 0. The maximum Gasteiger partial charge on any atom is 0.154 e. The average Bonchev–Trinajstić information content (AvgIpc) is 2.41. The van der Waals surface area contributed by atoms with Crippen molar-refractivity contribution in [2.75, 3.05) is 0 Å². The van der Waals surface area contributed by atoms with Crippen LogP contribution in [0.5, 0.6) is 5.75 Å². The molecule has 0 aliphatic rings. The first-order valence-electron chi connectivity index (χ1n) is 5.67. The normalized spacial score (nSPS) is 10.3. The molecule has 0 heterocycles. The second kappa shape index (κ2) is 5.74. The molecule has 2 aromatic carbocycles. The van der Waals surface area contributed by atoms with Crippen LogP contribution in [-0.4, -0.2) is 11.4 Å². The molecule has 0 aromatic heterocycles. The summed E-state index contributed by atoms with van der Waals surface area (Å²) in [6.45, 7) is 1.95. The van der Waals surface area contributed by atoms with Gasteiger partial charge in [-0.3, -0.25) is 4.79 Å². The van der Waals surface area contributed by atoms with Gasteiger partial charge in [0, 0.05) is 10.6 Å². The molecule has 0 aliphatic carbocycles. The lowest BCUT2D eigenvalue weighted by molar-refractivity contribution is 0.112. The fourth-order valence-electron chi connectivity index (χ4n) is 1.76. The molecule has 0 bridgehead atoms. The van der Waals surface area contributed by atoms with Crippen LogP contribution in [0.1, 0.15) is 21.5 Å². The third kappa shape index (κ3) is 2.74. The van der Waals surface area contributed by atoms with Gasteiger partial charge >= 0.3 is 0 Å². The van der Waals surface area contributed by atoms with Crippen LogP contribution < -0.4 is 0 Å². The molecule has 3 heteroatoms. The van der Waals surface area contributed by atoms with Gasteiger partial charge in [-0.05, 0) is 36.2 Å². The van der Waals surface area contributed by atoms with E-state index < -0.39 is 0 Å². The van der Waals surface area contributed by atoms with Crippen molar-refractivity contribution in [1.82, 2.24) is 0 Å². The van der Waals surface area contributed by atoms with Crippen LogP contribution in [0.25, 0.3) is 0 Å². The van der Waals surface area contributed by atoms with Gasteiger partial charge in [0.2, 0.25) is 0 Å². The largest absolute Gasteiger partial charge is 0.507 e. The summed E-state index contributed by atoms with van der Waals surface area (Å²) in [5.41, 5.74) is 2.33. The highest BCUT2D eigenvalue weighted by Gasteiger charge is 2.10. The quantitative estimate of drug-likeness (QED) is 0.669. The van der Waals surface area contributed by atoms with Crippen molar-refractivity contribution in [3.63, 3.8) is 0 Å². The molecule has 0 spiro atoms. The standard InChI is InChI=1S/C15H14O2S/c1-11-7-8-15(17)13(9-16)14(11)10-18-12-5-3-2-4-6-12/h2-9,17H,10H2,1H3. The molecule has 0 saturated heterocycles. The number of aryl methyl sites for hydroxylation is 1. The molecular weight excluding hydrogens is 244 g/mol. The minimum atomic E-state index is 0.0549. The zero-order valence-corrected chi connectivity index (χ0v) is 10.9. The van der Waals surface area contributed by atoms with Gasteiger partial charge in [-0.1, -0.05) is 24.3 Å². The van der Waals surface area contributed by atoms with Crippen LogP contribution in [0, 0.1) is 6.92 Å². The molecule has 2 rings (SSSR count). The summed E-state index contributed by atoms with van der Waals surface area (Å²) in [5, 5.41) is 9.67. The summed E-state index contributed by atoms with van der Waals surface area (Å²) >= 11 is 1.66. The average molecular weight is 258 g/mol. The van der Waals surface area contributed by atoms with Crippen LogP contribution in [0.2, 0.25) is 0 Å². The van der Waals surface area contributed by atoms with Crippen molar-refractivity contribution in [3.05, 3.63) is 59.2 Å². The highest BCUT2D eigenvalue weighted by molar-refractivity contribution is 7.98. The zero-order valence-electron chi connectivity index (χ0n) is 10.1.